The molecule has 1 heterocycles. The van der Waals surface area contributed by atoms with E-state index < -0.39 is 0 Å². The number of aromatic nitrogens is 1. The van der Waals surface area contributed by atoms with Crippen LogP contribution < -0.4 is 16.0 Å². The summed E-state index contributed by atoms with van der Waals surface area (Å²) in [6.07, 6.45) is 1.75. The molecule has 0 fully saturated rings. The average molecular weight is 404 g/mol. The fourth-order valence-electron chi connectivity index (χ4n) is 2.08. The molecule has 0 atom stereocenters. The number of benzene rings is 1. The standard InChI is InChI=1S/C18H22BrN5O/c1-2-20-18(24-13-16-8-3-4-9-21-16)23-11-10-22-17(25)14-6-5-7-15(19)12-14/h3-9,12H,2,10-11,13H2,1H3,(H,22,25)(H2,20,23,24). The van der Waals surface area contributed by atoms with Crippen LogP contribution in [0.2, 0.25) is 0 Å². The summed E-state index contributed by atoms with van der Waals surface area (Å²) in [5.74, 6) is 0.600. The van der Waals surface area contributed by atoms with E-state index in [4.69, 9.17) is 0 Å². The van der Waals surface area contributed by atoms with Gasteiger partial charge in [-0.2, -0.15) is 0 Å². The first-order valence-electron chi connectivity index (χ1n) is 8.15. The van der Waals surface area contributed by atoms with Gasteiger partial charge in [-0.15, -0.1) is 0 Å². The van der Waals surface area contributed by atoms with Gasteiger partial charge in [0.05, 0.1) is 12.2 Å². The van der Waals surface area contributed by atoms with Crippen LogP contribution in [-0.4, -0.2) is 36.5 Å². The van der Waals surface area contributed by atoms with Gasteiger partial charge in [0.1, 0.15) is 0 Å². The molecule has 0 spiro atoms. The highest BCUT2D eigenvalue weighted by Crippen LogP contribution is 2.11. The molecule has 1 amide bonds. The predicted molar refractivity (Wildman–Crippen MR) is 104 cm³/mol. The maximum Gasteiger partial charge on any atom is 0.251 e. The lowest BCUT2D eigenvalue weighted by Crippen LogP contribution is -2.41. The number of rotatable bonds is 7. The second-order valence-electron chi connectivity index (χ2n) is 5.21. The van der Waals surface area contributed by atoms with Gasteiger partial charge < -0.3 is 16.0 Å². The Hall–Kier alpha value is -2.41. The molecule has 1 aromatic carbocycles. The van der Waals surface area contributed by atoms with Gasteiger partial charge in [0.15, 0.2) is 5.96 Å². The zero-order chi connectivity index (χ0) is 17.9. The minimum atomic E-state index is -0.0986. The Labute approximate surface area is 156 Å². The number of guanidine groups is 1. The lowest BCUT2D eigenvalue weighted by atomic mass is 10.2. The van der Waals surface area contributed by atoms with Gasteiger partial charge >= 0.3 is 0 Å². The van der Waals surface area contributed by atoms with Crippen molar-refractivity contribution in [1.82, 2.24) is 20.9 Å². The summed E-state index contributed by atoms with van der Waals surface area (Å²) in [7, 11) is 0. The number of nitrogens with zero attached hydrogens (tertiary/aromatic N) is 2. The highest BCUT2D eigenvalue weighted by molar-refractivity contribution is 9.10. The number of aliphatic imine (C=N–C) groups is 1. The SMILES string of the molecule is CCNC(=NCc1ccccn1)NCCNC(=O)c1cccc(Br)c1. The summed E-state index contributed by atoms with van der Waals surface area (Å²) in [6, 6.07) is 13.1. The number of hydrogen-bond acceptors (Lipinski definition) is 3. The van der Waals surface area contributed by atoms with Gasteiger partial charge in [-0.05, 0) is 37.3 Å². The number of carbonyl (C=O) groups excluding carboxylic acids is 1. The van der Waals surface area contributed by atoms with Crippen LogP contribution in [-0.2, 0) is 6.54 Å². The van der Waals surface area contributed by atoms with E-state index in [9.17, 15) is 4.79 Å². The number of carbonyl (C=O) groups is 1. The summed E-state index contributed by atoms with van der Waals surface area (Å²) in [4.78, 5) is 20.8. The van der Waals surface area contributed by atoms with E-state index in [1.165, 1.54) is 0 Å². The van der Waals surface area contributed by atoms with E-state index in [0.717, 1.165) is 16.7 Å². The molecule has 132 valence electrons. The maximum absolute atomic E-state index is 12.1. The molecule has 0 aliphatic rings. The third kappa shape index (κ3) is 6.93. The molecule has 3 N–H and O–H groups in total. The third-order valence-corrected chi connectivity index (χ3v) is 3.75. The molecule has 2 aromatic rings. The number of pyridine rings is 1. The first kappa shape index (κ1) is 18.9. The molecule has 0 radical (unpaired) electrons. The Morgan fingerprint density at radius 1 is 1.12 bits per heavy atom. The van der Waals surface area contributed by atoms with Gasteiger partial charge in [-0.25, -0.2) is 4.99 Å². The fraction of sp³-hybridized carbons (Fsp3) is 0.278. The zero-order valence-electron chi connectivity index (χ0n) is 14.1. The van der Waals surface area contributed by atoms with Crippen molar-refractivity contribution in [2.75, 3.05) is 19.6 Å². The molecule has 7 heteroatoms. The van der Waals surface area contributed by atoms with Gasteiger partial charge in [-0.3, -0.25) is 9.78 Å². The second kappa shape index (κ2) is 10.5. The number of hydrogen-bond donors (Lipinski definition) is 3. The third-order valence-electron chi connectivity index (χ3n) is 3.26. The monoisotopic (exact) mass is 403 g/mol. The van der Waals surface area contributed by atoms with Crippen molar-refractivity contribution in [2.45, 2.75) is 13.5 Å². The molecule has 2 rings (SSSR count). The molecule has 0 bridgehead atoms. The summed E-state index contributed by atoms with van der Waals surface area (Å²) >= 11 is 3.36. The van der Waals surface area contributed by atoms with Crippen LogP contribution in [0, 0.1) is 0 Å². The van der Waals surface area contributed by atoms with Crippen molar-refractivity contribution in [2.24, 2.45) is 4.99 Å². The van der Waals surface area contributed by atoms with Gasteiger partial charge in [0, 0.05) is 35.9 Å². The van der Waals surface area contributed by atoms with Crippen molar-refractivity contribution >= 4 is 27.8 Å². The van der Waals surface area contributed by atoms with Crippen molar-refractivity contribution < 1.29 is 4.79 Å². The lowest BCUT2D eigenvalue weighted by Gasteiger charge is -2.12. The Balaban J connectivity index is 1.78. The topological polar surface area (TPSA) is 78.4 Å². The van der Waals surface area contributed by atoms with E-state index in [2.05, 4.69) is 41.9 Å². The predicted octanol–water partition coefficient (Wildman–Crippen LogP) is 2.33. The normalized spacial score (nSPS) is 11.0. The van der Waals surface area contributed by atoms with Gasteiger partial charge in [0.2, 0.25) is 0 Å². The van der Waals surface area contributed by atoms with Crippen LogP contribution in [0.3, 0.4) is 0 Å². The molecule has 0 aliphatic carbocycles. The lowest BCUT2D eigenvalue weighted by molar-refractivity contribution is 0.0954. The quantitative estimate of drug-likeness (QED) is 0.376. The smallest absolute Gasteiger partial charge is 0.251 e. The number of amides is 1. The summed E-state index contributed by atoms with van der Waals surface area (Å²) in [5, 5.41) is 9.25. The molecule has 0 unspecified atom stereocenters. The van der Waals surface area contributed by atoms with Crippen LogP contribution in [0.1, 0.15) is 23.0 Å². The molecule has 25 heavy (non-hydrogen) atoms. The highest BCUT2D eigenvalue weighted by atomic mass is 79.9. The van der Waals surface area contributed by atoms with Crippen LogP contribution in [0.4, 0.5) is 0 Å². The van der Waals surface area contributed by atoms with Crippen molar-refractivity contribution in [1.29, 1.82) is 0 Å². The van der Waals surface area contributed by atoms with Crippen molar-refractivity contribution in [3.05, 3.63) is 64.4 Å². The van der Waals surface area contributed by atoms with Crippen LogP contribution in [0.25, 0.3) is 0 Å². The average Bonchev–Trinajstić information content (AvgIpc) is 2.63. The Morgan fingerprint density at radius 3 is 2.68 bits per heavy atom. The van der Waals surface area contributed by atoms with E-state index >= 15 is 0 Å². The Bertz CT molecular complexity index is 706. The molecule has 6 nitrogen and oxygen atoms in total. The van der Waals surface area contributed by atoms with Crippen LogP contribution >= 0.6 is 15.9 Å². The van der Waals surface area contributed by atoms with Crippen LogP contribution in [0.15, 0.2) is 58.1 Å². The van der Waals surface area contributed by atoms with Gasteiger partial charge in [0.25, 0.3) is 5.91 Å². The number of nitrogens with one attached hydrogen (secondary N) is 3. The minimum absolute atomic E-state index is 0.0986. The second-order valence-corrected chi connectivity index (χ2v) is 6.12. The van der Waals surface area contributed by atoms with Crippen LogP contribution in [0.5, 0.6) is 0 Å². The Morgan fingerprint density at radius 2 is 1.96 bits per heavy atom. The summed E-state index contributed by atoms with van der Waals surface area (Å²) in [6.45, 7) is 4.35. The summed E-state index contributed by atoms with van der Waals surface area (Å²) in [5.41, 5.74) is 1.53. The molecule has 0 saturated carbocycles. The summed E-state index contributed by atoms with van der Waals surface area (Å²) < 4.78 is 0.884. The molecular weight excluding hydrogens is 382 g/mol. The number of halogens is 1. The molecular formula is C18H22BrN5O. The molecule has 0 aliphatic heterocycles. The van der Waals surface area contributed by atoms with E-state index in [0.29, 0.717) is 31.2 Å². The first-order valence-corrected chi connectivity index (χ1v) is 8.94. The highest BCUT2D eigenvalue weighted by Gasteiger charge is 2.05. The van der Waals surface area contributed by atoms with E-state index in [1.54, 1.807) is 18.3 Å². The fourth-order valence-corrected chi connectivity index (χ4v) is 2.48. The van der Waals surface area contributed by atoms with Crippen molar-refractivity contribution in [3.8, 4) is 0 Å². The molecule has 1 aromatic heterocycles. The van der Waals surface area contributed by atoms with Gasteiger partial charge in [-0.1, -0.05) is 28.1 Å². The zero-order valence-corrected chi connectivity index (χ0v) is 15.7. The first-order chi connectivity index (χ1) is 12.2. The largest absolute Gasteiger partial charge is 0.357 e. The van der Waals surface area contributed by atoms with E-state index in [-0.39, 0.29) is 5.91 Å². The van der Waals surface area contributed by atoms with E-state index in [1.807, 2.05) is 37.3 Å². The Kier molecular flexibility index (Phi) is 7.91. The van der Waals surface area contributed by atoms with Crippen molar-refractivity contribution in [3.63, 3.8) is 0 Å². The minimum Gasteiger partial charge on any atom is -0.357 e. The molecule has 0 saturated heterocycles. The maximum atomic E-state index is 12.1.